The van der Waals surface area contributed by atoms with Crippen molar-refractivity contribution < 1.29 is 19.5 Å². The average Bonchev–Trinajstić information content (AvgIpc) is 2.43. The van der Waals surface area contributed by atoms with Gasteiger partial charge in [0.2, 0.25) is 11.8 Å². The number of aliphatic hydroxyl groups excluding tert-OH is 1. The smallest absolute Gasteiger partial charge is 0.319 e. The maximum atomic E-state index is 11.4. The van der Waals surface area contributed by atoms with Gasteiger partial charge in [0.25, 0.3) is 0 Å². The Hall–Kier alpha value is -2.61. The molecule has 1 rings (SSSR count). The lowest BCUT2D eigenvalue weighted by Crippen LogP contribution is -2.44. The van der Waals surface area contributed by atoms with Gasteiger partial charge in [-0.2, -0.15) is 0 Å². The number of nitrogens with two attached hydrogens (primary N) is 1. The van der Waals surface area contributed by atoms with Crippen LogP contribution in [0.2, 0.25) is 0 Å². The molecule has 108 valence electrons. The molecule has 20 heavy (non-hydrogen) atoms. The third kappa shape index (κ3) is 5.83. The summed E-state index contributed by atoms with van der Waals surface area (Å²) in [5.41, 5.74) is 5.40. The summed E-state index contributed by atoms with van der Waals surface area (Å²) in [7, 11) is 0. The largest absolute Gasteiger partial charge is 0.381 e. The van der Waals surface area contributed by atoms with E-state index in [4.69, 9.17) is 10.8 Å². The number of benzene rings is 1. The van der Waals surface area contributed by atoms with Gasteiger partial charge in [0.15, 0.2) is 0 Å². The minimum atomic E-state index is -1.45. The first-order chi connectivity index (χ1) is 9.49. The molecule has 1 aromatic rings. The van der Waals surface area contributed by atoms with Gasteiger partial charge in [0, 0.05) is 5.69 Å². The van der Waals surface area contributed by atoms with Crippen LogP contribution in [0.25, 0.3) is 0 Å². The minimum Gasteiger partial charge on any atom is -0.381 e. The molecule has 1 atom stereocenters. The topological polar surface area (TPSA) is 134 Å². The van der Waals surface area contributed by atoms with Gasteiger partial charge < -0.3 is 26.8 Å². The highest BCUT2D eigenvalue weighted by Gasteiger charge is 2.12. The zero-order chi connectivity index (χ0) is 15.0. The van der Waals surface area contributed by atoms with Gasteiger partial charge in [0.05, 0.1) is 13.1 Å². The molecule has 0 saturated carbocycles. The number of hydrogen-bond acceptors (Lipinski definition) is 4. The monoisotopic (exact) mass is 280 g/mol. The molecule has 0 aliphatic carbocycles. The van der Waals surface area contributed by atoms with Crippen LogP contribution in [0.15, 0.2) is 30.3 Å². The van der Waals surface area contributed by atoms with Gasteiger partial charge in [0.1, 0.15) is 6.10 Å². The van der Waals surface area contributed by atoms with E-state index in [9.17, 15) is 14.4 Å². The lowest BCUT2D eigenvalue weighted by Gasteiger charge is -2.10. The minimum absolute atomic E-state index is 0.288. The van der Waals surface area contributed by atoms with E-state index in [1.54, 1.807) is 30.3 Å². The maximum Gasteiger partial charge on any atom is 0.319 e. The zero-order valence-electron chi connectivity index (χ0n) is 10.6. The second kappa shape index (κ2) is 7.74. The molecular weight excluding hydrogens is 264 g/mol. The lowest BCUT2D eigenvalue weighted by molar-refractivity contribution is -0.126. The first-order valence-electron chi connectivity index (χ1n) is 5.83. The van der Waals surface area contributed by atoms with Crippen LogP contribution >= 0.6 is 0 Å². The van der Waals surface area contributed by atoms with Crippen molar-refractivity contribution in [2.45, 2.75) is 6.10 Å². The van der Waals surface area contributed by atoms with Gasteiger partial charge in [-0.3, -0.25) is 9.59 Å². The molecule has 1 unspecified atom stereocenters. The van der Waals surface area contributed by atoms with E-state index in [2.05, 4.69) is 16.0 Å². The van der Waals surface area contributed by atoms with Crippen molar-refractivity contribution in [3.63, 3.8) is 0 Å². The third-order valence-electron chi connectivity index (χ3n) is 2.26. The maximum absolute atomic E-state index is 11.4. The van der Waals surface area contributed by atoms with E-state index in [1.165, 1.54) is 0 Å². The van der Waals surface area contributed by atoms with E-state index in [0.29, 0.717) is 5.69 Å². The van der Waals surface area contributed by atoms with Gasteiger partial charge in [-0.25, -0.2) is 4.79 Å². The summed E-state index contributed by atoms with van der Waals surface area (Å²) in [5.74, 6) is -1.48. The number of primary amides is 1. The average molecular weight is 280 g/mol. The summed E-state index contributed by atoms with van der Waals surface area (Å²) in [6.07, 6.45) is -1.45. The van der Waals surface area contributed by atoms with Crippen molar-refractivity contribution in [1.29, 1.82) is 0 Å². The second-order valence-corrected chi connectivity index (χ2v) is 3.90. The van der Waals surface area contributed by atoms with Gasteiger partial charge >= 0.3 is 6.03 Å². The molecule has 0 radical (unpaired) electrons. The van der Waals surface area contributed by atoms with E-state index in [-0.39, 0.29) is 13.1 Å². The summed E-state index contributed by atoms with van der Waals surface area (Å²) < 4.78 is 0. The Morgan fingerprint density at radius 2 is 1.80 bits per heavy atom. The number of para-hydroxylation sites is 1. The van der Waals surface area contributed by atoms with E-state index in [1.807, 2.05) is 0 Å². The summed E-state index contributed by atoms with van der Waals surface area (Å²) >= 11 is 0. The van der Waals surface area contributed by atoms with Crippen LogP contribution in [0.5, 0.6) is 0 Å². The molecule has 0 aromatic heterocycles. The Labute approximate surface area is 115 Å². The highest BCUT2D eigenvalue weighted by Crippen LogP contribution is 2.03. The molecule has 8 nitrogen and oxygen atoms in total. The predicted octanol–water partition coefficient (Wildman–Crippen LogP) is -1.23. The standard InChI is InChI=1S/C12H16N4O4/c13-11(19)9(17)6-14-10(18)7-15-12(20)16-8-4-2-1-3-5-8/h1-5,9,17H,6-7H2,(H2,13,19)(H,14,18)(H2,15,16,20). The fourth-order valence-electron chi connectivity index (χ4n) is 1.23. The summed E-state index contributed by atoms with van der Waals surface area (Å²) in [6.45, 7) is -0.583. The number of carbonyl (C=O) groups is 3. The zero-order valence-corrected chi connectivity index (χ0v) is 10.6. The molecule has 0 aliphatic rings. The van der Waals surface area contributed by atoms with Crippen molar-refractivity contribution in [1.82, 2.24) is 10.6 Å². The lowest BCUT2D eigenvalue weighted by atomic mass is 10.3. The highest BCUT2D eigenvalue weighted by molar-refractivity contribution is 5.92. The van der Waals surface area contributed by atoms with Crippen LogP contribution in [-0.2, 0) is 9.59 Å². The SMILES string of the molecule is NC(=O)C(O)CNC(=O)CNC(=O)Nc1ccccc1. The molecular formula is C12H16N4O4. The van der Waals surface area contributed by atoms with E-state index < -0.39 is 23.9 Å². The molecule has 0 bridgehead atoms. The predicted molar refractivity (Wildman–Crippen MR) is 71.7 cm³/mol. The van der Waals surface area contributed by atoms with Crippen LogP contribution in [0.3, 0.4) is 0 Å². The number of rotatable bonds is 6. The van der Waals surface area contributed by atoms with E-state index in [0.717, 1.165) is 0 Å². The first kappa shape index (κ1) is 15.4. The molecule has 0 aliphatic heterocycles. The van der Waals surface area contributed by atoms with Crippen LogP contribution in [0.1, 0.15) is 0 Å². The Morgan fingerprint density at radius 1 is 1.15 bits per heavy atom. The Kier molecular flexibility index (Phi) is 5.98. The second-order valence-electron chi connectivity index (χ2n) is 3.90. The van der Waals surface area contributed by atoms with Gasteiger partial charge in [-0.05, 0) is 12.1 Å². The molecule has 4 amide bonds. The summed E-state index contributed by atoms with van der Waals surface area (Å²) in [5, 5.41) is 16.2. The number of urea groups is 1. The Bertz CT molecular complexity index is 478. The quantitative estimate of drug-likeness (QED) is 0.446. The Balaban J connectivity index is 2.24. The summed E-state index contributed by atoms with van der Waals surface area (Å²) in [6, 6.07) is 8.18. The number of anilines is 1. The van der Waals surface area contributed by atoms with Crippen molar-refractivity contribution in [3.05, 3.63) is 30.3 Å². The normalized spacial score (nSPS) is 11.2. The van der Waals surface area contributed by atoms with Crippen molar-refractivity contribution >= 4 is 23.5 Å². The number of amides is 4. The number of hydrogen-bond donors (Lipinski definition) is 5. The number of nitrogens with one attached hydrogen (secondary N) is 3. The molecule has 0 fully saturated rings. The van der Waals surface area contributed by atoms with Crippen LogP contribution in [0, 0.1) is 0 Å². The molecule has 0 saturated heterocycles. The Morgan fingerprint density at radius 3 is 2.40 bits per heavy atom. The highest BCUT2D eigenvalue weighted by atomic mass is 16.3. The fourth-order valence-corrected chi connectivity index (χ4v) is 1.23. The van der Waals surface area contributed by atoms with Crippen molar-refractivity contribution in [2.75, 3.05) is 18.4 Å². The first-order valence-corrected chi connectivity index (χ1v) is 5.83. The van der Waals surface area contributed by atoms with Crippen molar-refractivity contribution in [2.24, 2.45) is 5.73 Å². The van der Waals surface area contributed by atoms with Gasteiger partial charge in [-0.15, -0.1) is 0 Å². The van der Waals surface area contributed by atoms with Crippen LogP contribution < -0.4 is 21.7 Å². The van der Waals surface area contributed by atoms with Crippen LogP contribution in [-0.4, -0.2) is 42.1 Å². The van der Waals surface area contributed by atoms with Crippen LogP contribution in [0.4, 0.5) is 10.5 Å². The number of carbonyl (C=O) groups excluding carboxylic acids is 3. The molecule has 6 N–H and O–H groups in total. The van der Waals surface area contributed by atoms with Gasteiger partial charge in [-0.1, -0.05) is 18.2 Å². The third-order valence-corrected chi connectivity index (χ3v) is 2.26. The molecule has 8 heteroatoms. The molecule has 1 aromatic carbocycles. The summed E-state index contributed by atoms with van der Waals surface area (Å²) in [4.78, 5) is 33.3. The van der Waals surface area contributed by atoms with E-state index >= 15 is 0 Å². The number of aliphatic hydroxyl groups is 1. The molecule has 0 heterocycles. The van der Waals surface area contributed by atoms with Crippen molar-refractivity contribution in [3.8, 4) is 0 Å². The molecule has 0 spiro atoms. The fraction of sp³-hybridized carbons (Fsp3) is 0.250.